The third-order valence-corrected chi connectivity index (χ3v) is 6.34. The van der Waals surface area contributed by atoms with Crippen LogP contribution in [-0.4, -0.2) is 11.9 Å². The minimum Gasteiger partial charge on any atom is -0.452 e. The number of fused-ring (bicyclic) bond motifs is 1. The lowest BCUT2D eigenvalue weighted by Gasteiger charge is -2.13. The van der Waals surface area contributed by atoms with E-state index in [0.29, 0.717) is 11.4 Å². The molecule has 4 N–H and O–H groups in total. The number of alkyl halides is 3. The second-order valence-electron chi connectivity index (χ2n) is 9.28. The first-order chi connectivity index (χ1) is 19.9. The van der Waals surface area contributed by atoms with Crippen LogP contribution < -0.4 is 26.4 Å². The quantitative estimate of drug-likeness (QED) is 0.140. The molecule has 0 amide bonds. The topological polar surface area (TPSA) is 135 Å². The Morgan fingerprint density at radius 2 is 1.29 bits per heavy atom. The van der Waals surface area contributed by atoms with E-state index >= 15 is 0 Å². The predicted molar refractivity (Wildman–Crippen MR) is 149 cm³/mol. The largest absolute Gasteiger partial charge is 0.452 e. The Morgan fingerprint density at radius 3 is 1.81 bits per heavy atom. The van der Waals surface area contributed by atoms with Gasteiger partial charge in [-0.1, -0.05) is 12.1 Å². The molecule has 0 aliphatic rings. The Balaban J connectivity index is 1.63. The maximum absolute atomic E-state index is 13.5. The van der Waals surface area contributed by atoms with Gasteiger partial charge >= 0.3 is 18.1 Å². The van der Waals surface area contributed by atoms with Crippen LogP contribution in [-0.2, 0) is 6.18 Å². The third kappa shape index (κ3) is 5.66. The van der Waals surface area contributed by atoms with Crippen LogP contribution in [0.5, 0.6) is 11.5 Å². The molecule has 0 bridgehead atoms. The Morgan fingerprint density at radius 1 is 0.762 bits per heavy atom. The van der Waals surface area contributed by atoms with Gasteiger partial charge < -0.3 is 25.4 Å². The summed E-state index contributed by atoms with van der Waals surface area (Å²) >= 11 is 0. The lowest BCUT2D eigenvalue weighted by Crippen LogP contribution is -2.13. The van der Waals surface area contributed by atoms with E-state index < -0.39 is 29.1 Å². The Hall–Kier alpha value is -5.58. The van der Waals surface area contributed by atoms with Crippen molar-refractivity contribution in [2.45, 2.75) is 13.1 Å². The molecule has 0 atom stereocenters. The van der Waals surface area contributed by atoms with Crippen molar-refractivity contribution in [2.75, 3.05) is 11.5 Å². The zero-order valence-electron chi connectivity index (χ0n) is 21.8. The van der Waals surface area contributed by atoms with Crippen LogP contribution in [0.4, 0.5) is 24.5 Å². The van der Waals surface area contributed by atoms with Gasteiger partial charge in [-0.25, -0.2) is 9.59 Å². The van der Waals surface area contributed by atoms with Crippen molar-refractivity contribution < 1.29 is 36.7 Å². The number of benzene rings is 4. The number of anilines is 2. The van der Waals surface area contributed by atoms with Gasteiger partial charge in [-0.3, -0.25) is 4.79 Å². The van der Waals surface area contributed by atoms with E-state index in [-0.39, 0.29) is 50.5 Å². The summed E-state index contributed by atoms with van der Waals surface area (Å²) in [6, 6.07) is 18.3. The molecule has 0 spiro atoms. The summed E-state index contributed by atoms with van der Waals surface area (Å²) in [4.78, 5) is 39.2. The van der Waals surface area contributed by atoms with E-state index in [4.69, 9.17) is 25.4 Å². The van der Waals surface area contributed by atoms with Gasteiger partial charge in [-0.2, -0.15) is 13.2 Å². The van der Waals surface area contributed by atoms with Crippen LogP contribution >= 0.6 is 0 Å². The van der Waals surface area contributed by atoms with Gasteiger partial charge in [0.1, 0.15) is 11.5 Å². The lowest BCUT2D eigenvalue weighted by molar-refractivity contribution is -0.137. The second kappa shape index (κ2) is 10.8. The van der Waals surface area contributed by atoms with Crippen molar-refractivity contribution in [1.29, 1.82) is 0 Å². The molecule has 0 saturated carbocycles. The fourth-order valence-corrected chi connectivity index (χ4v) is 4.12. The number of ether oxygens (including phenoxy) is 2. The predicted octanol–water partition coefficient (Wildman–Crippen LogP) is 6.39. The van der Waals surface area contributed by atoms with Gasteiger partial charge in [0.2, 0.25) is 0 Å². The van der Waals surface area contributed by atoms with Crippen molar-refractivity contribution in [2.24, 2.45) is 0 Å². The number of nitrogens with two attached hydrogens (primary N) is 2. The number of hydrogen-bond donors (Lipinski definition) is 2. The zero-order valence-corrected chi connectivity index (χ0v) is 21.8. The Labute approximate surface area is 235 Å². The third-order valence-electron chi connectivity index (χ3n) is 6.34. The van der Waals surface area contributed by atoms with Crippen molar-refractivity contribution in [1.82, 2.24) is 0 Å². The van der Waals surface area contributed by atoms with Crippen LogP contribution in [0.3, 0.4) is 0 Å². The number of rotatable bonds is 5. The number of carbonyl (C=O) groups is 2. The maximum Gasteiger partial charge on any atom is 0.416 e. The van der Waals surface area contributed by atoms with Gasteiger partial charge in [-0.15, -0.1) is 0 Å². The van der Waals surface area contributed by atoms with Gasteiger partial charge in [0.05, 0.1) is 22.1 Å². The van der Waals surface area contributed by atoms with Gasteiger partial charge in [0.25, 0.3) is 0 Å². The van der Waals surface area contributed by atoms with E-state index in [1.165, 1.54) is 79.7 Å². The molecule has 4 aromatic carbocycles. The summed E-state index contributed by atoms with van der Waals surface area (Å²) in [5.41, 5.74) is 11.1. The highest BCUT2D eigenvalue weighted by Gasteiger charge is 2.30. The van der Waals surface area contributed by atoms with Crippen LogP contribution in [0, 0.1) is 6.92 Å². The highest BCUT2D eigenvalue weighted by atomic mass is 19.4. The maximum atomic E-state index is 13.5. The fraction of sp³-hybridized carbons (Fsp3) is 0.0645. The SMILES string of the molecule is Cc1c(-c2ccc(C(F)(F)F)cc2)oc2c(OC(=O)c3ccc(N)cc3)cc(OC(=O)c3ccc(N)cc3)cc2c1=O. The van der Waals surface area contributed by atoms with Gasteiger partial charge in [0, 0.05) is 28.6 Å². The Bertz CT molecular complexity index is 1880. The summed E-state index contributed by atoms with van der Waals surface area (Å²) in [5, 5.41) is -0.0918. The summed E-state index contributed by atoms with van der Waals surface area (Å²) in [6.45, 7) is 1.44. The molecule has 212 valence electrons. The number of carbonyl (C=O) groups excluding carboxylic acids is 2. The van der Waals surface area contributed by atoms with Gasteiger partial charge in [0.15, 0.2) is 16.8 Å². The highest BCUT2D eigenvalue weighted by molar-refractivity contribution is 5.96. The summed E-state index contributed by atoms with van der Waals surface area (Å²) < 4.78 is 56.3. The smallest absolute Gasteiger partial charge is 0.416 e. The molecule has 8 nitrogen and oxygen atoms in total. The molecule has 42 heavy (non-hydrogen) atoms. The molecule has 5 rings (SSSR count). The van der Waals surface area contributed by atoms with Crippen LogP contribution in [0.25, 0.3) is 22.3 Å². The fourth-order valence-electron chi connectivity index (χ4n) is 4.12. The van der Waals surface area contributed by atoms with E-state index in [9.17, 15) is 27.6 Å². The first kappa shape index (κ1) is 28.0. The van der Waals surface area contributed by atoms with E-state index in [1.807, 2.05) is 0 Å². The van der Waals surface area contributed by atoms with E-state index in [2.05, 4.69) is 0 Å². The minimum absolute atomic E-state index is 0.0300. The lowest BCUT2D eigenvalue weighted by atomic mass is 10.0. The van der Waals surface area contributed by atoms with Gasteiger partial charge in [-0.05, 0) is 73.7 Å². The average molecular weight is 575 g/mol. The monoisotopic (exact) mass is 574 g/mol. The van der Waals surface area contributed by atoms with Crippen LogP contribution in [0.1, 0.15) is 31.8 Å². The molecule has 0 radical (unpaired) electrons. The normalized spacial score (nSPS) is 11.3. The average Bonchev–Trinajstić information content (AvgIpc) is 2.95. The molecular weight excluding hydrogens is 553 g/mol. The van der Waals surface area contributed by atoms with Crippen molar-refractivity contribution in [3.05, 3.63) is 117 Å². The van der Waals surface area contributed by atoms with Crippen molar-refractivity contribution in [3.63, 3.8) is 0 Å². The standard InChI is InChI=1S/C31H21F3N2O6/c1-16-26(37)24-14-23(40-29(38)18-4-10-21(35)11-5-18)15-25(41-30(39)19-6-12-22(36)13-7-19)28(24)42-27(16)17-2-8-20(9-3-17)31(32,33)34/h2-15H,35-36H2,1H3. The summed E-state index contributed by atoms with van der Waals surface area (Å²) in [7, 11) is 0. The molecule has 0 unspecified atom stereocenters. The molecule has 0 aliphatic carbocycles. The van der Waals surface area contributed by atoms with Crippen LogP contribution in [0.15, 0.2) is 94.1 Å². The first-order valence-corrected chi connectivity index (χ1v) is 12.4. The van der Waals surface area contributed by atoms with E-state index in [0.717, 1.165) is 12.1 Å². The number of hydrogen-bond acceptors (Lipinski definition) is 8. The molecule has 0 fully saturated rings. The zero-order chi connectivity index (χ0) is 30.2. The molecule has 0 aliphatic heterocycles. The second-order valence-corrected chi connectivity index (χ2v) is 9.28. The molecule has 0 saturated heterocycles. The Kier molecular flexibility index (Phi) is 7.17. The van der Waals surface area contributed by atoms with Crippen molar-refractivity contribution >= 4 is 34.3 Å². The molecule has 5 aromatic rings. The number of nitrogen functional groups attached to an aromatic ring is 2. The van der Waals surface area contributed by atoms with Crippen molar-refractivity contribution in [3.8, 4) is 22.8 Å². The number of halogens is 3. The summed E-state index contributed by atoms with van der Waals surface area (Å²) in [6.07, 6.45) is -4.55. The van der Waals surface area contributed by atoms with Crippen LogP contribution in [0.2, 0.25) is 0 Å². The molecule has 1 aromatic heterocycles. The summed E-state index contributed by atoms with van der Waals surface area (Å²) in [5.74, 6) is -2.03. The van der Waals surface area contributed by atoms with E-state index in [1.54, 1.807) is 0 Å². The molecular formula is C31H21F3N2O6. The minimum atomic E-state index is -4.55. The number of esters is 2. The molecule has 1 heterocycles. The molecule has 11 heteroatoms. The first-order valence-electron chi connectivity index (χ1n) is 12.4. The highest BCUT2D eigenvalue weighted by Crippen LogP contribution is 2.36.